The van der Waals surface area contributed by atoms with Crippen LogP contribution in [0.5, 0.6) is 11.5 Å². The van der Waals surface area contributed by atoms with Crippen molar-refractivity contribution in [3.05, 3.63) is 48.0 Å². The van der Waals surface area contributed by atoms with Crippen LogP contribution in [0.1, 0.15) is 36.0 Å². The minimum Gasteiger partial charge on any atom is -0.486 e. The Balaban J connectivity index is 1.12. The Morgan fingerprint density at radius 3 is 2.43 bits per heavy atom. The number of nitrogens with one attached hydrogen (secondary N) is 2. The summed E-state index contributed by atoms with van der Waals surface area (Å²) in [7, 11) is 0. The first-order chi connectivity index (χ1) is 17.0. The standard InChI is InChI=1S/C25H26N4O5S/c30-22(15-21-24(32)28-25(35-21)29-10-2-1-3-11-29)26-17-6-4-16(5-7-17)23(31)27-18-8-9-19-20(14-18)34-13-12-33-19/h4-9,14,21H,1-3,10-13,15H2,(H,26,30)(H,27,31). The lowest BCUT2D eigenvalue weighted by atomic mass is 10.1. The fourth-order valence-electron chi connectivity index (χ4n) is 4.14. The third-order valence-electron chi connectivity index (χ3n) is 5.96. The molecule has 9 nitrogen and oxygen atoms in total. The molecule has 35 heavy (non-hydrogen) atoms. The van der Waals surface area contributed by atoms with Gasteiger partial charge in [-0.2, -0.15) is 4.99 Å². The molecule has 2 aromatic carbocycles. The van der Waals surface area contributed by atoms with E-state index in [1.54, 1.807) is 42.5 Å². The van der Waals surface area contributed by atoms with Crippen molar-refractivity contribution in [3.8, 4) is 11.5 Å². The minimum atomic E-state index is -0.497. The van der Waals surface area contributed by atoms with Crippen LogP contribution in [-0.2, 0) is 9.59 Å². The van der Waals surface area contributed by atoms with E-state index in [1.807, 2.05) is 0 Å². The molecule has 10 heteroatoms. The van der Waals surface area contributed by atoms with Gasteiger partial charge in [0.25, 0.3) is 11.8 Å². The Hall–Kier alpha value is -3.53. The number of ether oxygens (including phenoxy) is 2. The predicted octanol–water partition coefficient (Wildman–Crippen LogP) is 3.52. The van der Waals surface area contributed by atoms with Gasteiger partial charge in [-0.15, -0.1) is 0 Å². The van der Waals surface area contributed by atoms with Crippen LogP contribution in [0.4, 0.5) is 11.4 Å². The van der Waals surface area contributed by atoms with Crippen molar-refractivity contribution in [1.29, 1.82) is 0 Å². The number of fused-ring (bicyclic) bond motifs is 1. The summed E-state index contributed by atoms with van der Waals surface area (Å²) in [6, 6.07) is 11.8. The van der Waals surface area contributed by atoms with Crippen LogP contribution in [-0.4, -0.2) is 59.3 Å². The number of hydrogen-bond acceptors (Lipinski definition) is 7. The molecular formula is C25H26N4O5S. The van der Waals surface area contributed by atoms with Crippen LogP contribution >= 0.6 is 11.8 Å². The monoisotopic (exact) mass is 494 g/mol. The highest BCUT2D eigenvalue weighted by Gasteiger charge is 2.33. The number of nitrogens with zero attached hydrogens (tertiary/aromatic N) is 2. The van der Waals surface area contributed by atoms with Crippen LogP contribution in [0.25, 0.3) is 0 Å². The van der Waals surface area contributed by atoms with Crippen LogP contribution in [0, 0.1) is 0 Å². The predicted molar refractivity (Wildman–Crippen MR) is 134 cm³/mol. The molecule has 3 aliphatic heterocycles. The number of aliphatic imine (C=N–C) groups is 1. The van der Waals surface area contributed by atoms with Gasteiger partial charge in [-0.1, -0.05) is 11.8 Å². The van der Waals surface area contributed by atoms with E-state index >= 15 is 0 Å². The van der Waals surface area contributed by atoms with Gasteiger partial charge in [0.1, 0.15) is 18.5 Å². The van der Waals surface area contributed by atoms with E-state index in [1.165, 1.54) is 18.2 Å². The summed E-state index contributed by atoms with van der Waals surface area (Å²) >= 11 is 1.38. The first-order valence-electron chi connectivity index (χ1n) is 11.7. The number of hydrogen-bond donors (Lipinski definition) is 2. The Morgan fingerprint density at radius 1 is 0.943 bits per heavy atom. The van der Waals surface area contributed by atoms with Gasteiger partial charge in [-0.25, -0.2) is 0 Å². The zero-order valence-corrected chi connectivity index (χ0v) is 19.9. The quantitative estimate of drug-likeness (QED) is 0.655. The highest BCUT2D eigenvalue weighted by Crippen LogP contribution is 2.33. The summed E-state index contributed by atoms with van der Waals surface area (Å²) in [5.74, 6) is 0.451. The fourth-order valence-corrected chi connectivity index (χ4v) is 5.26. The Kier molecular flexibility index (Phi) is 6.89. The topological polar surface area (TPSA) is 109 Å². The second kappa shape index (κ2) is 10.4. The molecule has 0 aromatic heterocycles. The molecular weight excluding hydrogens is 468 g/mol. The molecule has 3 amide bonds. The second-order valence-electron chi connectivity index (χ2n) is 8.53. The van der Waals surface area contributed by atoms with E-state index in [0.717, 1.165) is 31.1 Å². The van der Waals surface area contributed by atoms with Crippen molar-refractivity contribution < 1.29 is 23.9 Å². The lowest BCUT2D eigenvalue weighted by molar-refractivity contribution is -0.121. The van der Waals surface area contributed by atoms with Gasteiger partial charge in [0.05, 0.1) is 0 Å². The van der Waals surface area contributed by atoms with Gasteiger partial charge < -0.3 is 25.0 Å². The van der Waals surface area contributed by atoms with Gasteiger partial charge in [-0.3, -0.25) is 14.4 Å². The van der Waals surface area contributed by atoms with E-state index in [9.17, 15) is 14.4 Å². The van der Waals surface area contributed by atoms with Gasteiger partial charge in [0.15, 0.2) is 16.7 Å². The fraction of sp³-hybridized carbons (Fsp3) is 0.360. The van der Waals surface area contributed by atoms with Crippen molar-refractivity contribution in [3.63, 3.8) is 0 Å². The van der Waals surface area contributed by atoms with Crippen molar-refractivity contribution in [2.24, 2.45) is 4.99 Å². The lowest BCUT2D eigenvalue weighted by Gasteiger charge is -2.27. The number of rotatable bonds is 5. The van der Waals surface area contributed by atoms with E-state index in [0.29, 0.717) is 41.7 Å². The highest BCUT2D eigenvalue weighted by atomic mass is 32.2. The number of anilines is 2. The Morgan fingerprint density at radius 2 is 1.66 bits per heavy atom. The molecule has 1 unspecified atom stereocenters. The zero-order valence-electron chi connectivity index (χ0n) is 19.1. The van der Waals surface area contributed by atoms with Crippen LogP contribution in [0.15, 0.2) is 47.5 Å². The molecule has 0 saturated carbocycles. The molecule has 0 spiro atoms. The number of likely N-dealkylation sites (tertiary alicyclic amines) is 1. The van der Waals surface area contributed by atoms with Crippen LogP contribution in [0.2, 0.25) is 0 Å². The number of carbonyl (C=O) groups excluding carboxylic acids is 3. The minimum absolute atomic E-state index is 0.0523. The molecule has 2 aromatic rings. The Bertz CT molecular complexity index is 1160. The maximum Gasteiger partial charge on any atom is 0.262 e. The van der Waals surface area contributed by atoms with Crippen molar-refractivity contribution >= 4 is 46.0 Å². The molecule has 3 heterocycles. The summed E-state index contributed by atoms with van der Waals surface area (Å²) in [4.78, 5) is 43.7. The summed E-state index contributed by atoms with van der Waals surface area (Å²) in [5, 5.41) is 5.88. The lowest BCUT2D eigenvalue weighted by Crippen LogP contribution is -2.33. The second-order valence-corrected chi connectivity index (χ2v) is 9.70. The maximum absolute atomic E-state index is 12.6. The smallest absolute Gasteiger partial charge is 0.262 e. The largest absolute Gasteiger partial charge is 0.486 e. The molecule has 2 N–H and O–H groups in total. The number of amidine groups is 1. The molecule has 182 valence electrons. The van der Waals surface area contributed by atoms with E-state index in [2.05, 4.69) is 20.5 Å². The Labute approximate surface area is 207 Å². The molecule has 3 aliphatic rings. The van der Waals surface area contributed by atoms with Crippen molar-refractivity contribution in [1.82, 2.24) is 4.90 Å². The molecule has 5 rings (SSSR count). The van der Waals surface area contributed by atoms with E-state index in [4.69, 9.17) is 9.47 Å². The third-order valence-corrected chi connectivity index (χ3v) is 7.17. The molecule has 0 radical (unpaired) electrons. The van der Waals surface area contributed by atoms with Gasteiger partial charge >= 0.3 is 0 Å². The first-order valence-corrected chi connectivity index (χ1v) is 12.6. The number of carbonyl (C=O) groups is 3. The normalized spacial score (nSPS) is 19.2. The average molecular weight is 495 g/mol. The maximum atomic E-state index is 12.6. The number of piperidine rings is 1. The zero-order chi connectivity index (χ0) is 24.2. The summed E-state index contributed by atoms with van der Waals surface area (Å²) < 4.78 is 11.0. The molecule has 0 bridgehead atoms. The number of benzene rings is 2. The summed E-state index contributed by atoms with van der Waals surface area (Å²) in [6.45, 7) is 2.79. The van der Waals surface area contributed by atoms with Gasteiger partial charge in [-0.05, 0) is 55.7 Å². The SMILES string of the molecule is O=C(CC1SC(N2CCCCC2)=NC1=O)Nc1ccc(C(=O)Nc2ccc3c(c2)OCCO3)cc1. The first kappa shape index (κ1) is 23.2. The number of amides is 3. The molecule has 1 fully saturated rings. The van der Waals surface area contributed by atoms with Gasteiger partial charge in [0.2, 0.25) is 5.91 Å². The van der Waals surface area contributed by atoms with E-state index < -0.39 is 5.25 Å². The highest BCUT2D eigenvalue weighted by molar-refractivity contribution is 8.15. The summed E-state index contributed by atoms with van der Waals surface area (Å²) in [6.07, 6.45) is 3.46. The summed E-state index contributed by atoms with van der Waals surface area (Å²) in [5.41, 5.74) is 1.60. The molecule has 0 aliphatic carbocycles. The van der Waals surface area contributed by atoms with Crippen molar-refractivity contribution in [2.75, 3.05) is 36.9 Å². The number of thioether (sulfide) groups is 1. The van der Waals surface area contributed by atoms with E-state index in [-0.39, 0.29) is 24.1 Å². The van der Waals surface area contributed by atoms with Crippen LogP contribution in [0.3, 0.4) is 0 Å². The molecule has 1 saturated heterocycles. The average Bonchev–Trinajstić information content (AvgIpc) is 3.24. The van der Waals surface area contributed by atoms with Crippen LogP contribution < -0.4 is 20.1 Å². The third kappa shape index (κ3) is 5.59. The molecule has 1 atom stereocenters. The van der Waals surface area contributed by atoms with Gasteiger partial charge in [0, 0.05) is 42.5 Å². The van der Waals surface area contributed by atoms with Crippen molar-refractivity contribution in [2.45, 2.75) is 30.9 Å².